The van der Waals surface area contributed by atoms with E-state index in [-0.39, 0.29) is 18.1 Å². The Labute approximate surface area is 188 Å². The molecular formula is C21H21ClFN5O4. The lowest BCUT2D eigenvalue weighted by Gasteiger charge is -2.43. The average Bonchev–Trinajstić information content (AvgIpc) is 2.74. The number of ether oxygens (including phenoxy) is 1. The quantitative estimate of drug-likeness (QED) is 0.461. The van der Waals surface area contributed by atoms with Crippen molar-refractivity contribution < 1.29 is 23.5 Å². The van der Waals surface area contributed by atoms with Crippen molar-refractivity contribution in [2.45, 2.75) is 18.9 Å². The van der Waals surface area contributed by atoms with Crippen molar-refractivity contribution in [1.29, 1.82) is 0 Å². The molecule has 2 aliphatic heterocycles. The van der Waals surface area contributed by atoms with Crippen LogP contribution >= 0.6 is 11.6 Å². The molecule has 2 aromatic carbocycles. The largest absolute Gasteiger partial charge is 0.495 e. The van der Waals surface area contributed by atoms with E-state index in [1.54, 1.807) is 12.1 Å². The Balaban J connectivity index is 1.50. The average molecular weight is 462 g/mol. The minimum absolute atomic E-state index is 0.152. The summed E-state index contributed by atoms with van der Waals surface area (Å²) in [6, 6.07) is 10.3. The van der Waals surface area contributed by atoms with Crippen molar-refractivity contribution in [3.05, 3.63) is 53.3 Å². The molecular weight excluding hydrogens is 441 g/mol. The third-order valence-corrected chi connectivity index (χ3v) is 5.60. The lowest BCUT2D eigenvalue weighted by Crippen LogP contribution is -2.72. The van der Waals surface area contributed by atoms with Crippen molar-refractivity contribution in [3.63, 3.8) is 0 Å². The van der Waals surface area contributed by atoms with Crippen LogP contribution in [-0.2, 0) is 14.4 Å². The minimum atomic E-state index is -0.920. The Hall–Kier alpha value is -3.37. The smallest absolute Gasteiger partial charge is 0.229 e. The zero-order chi connectivity index (χ0) is 22.8. The molecule has 0 radical (unpaired) electrons. The Kier molecular flexibility index (Phi) is 6.15. The van der Waals surface area contributed by atoms with E-state index < -0.39 is 36.1 Å². The monoisotopic (exact) mass is 461 g/mol. The molecule has 0 spiro atoms. The molecule has 0 aromatic heterocycles. The van der Waals surface area contributed by atoms with Crippen LogP contribution in [-0.4, -0.2) is 37.3 Å². The van der Waals surface area contributed by atoms with Crippen LogP contribution in [0.4, 0.5) is 15.8 Å². The van der Waals surface area contributed by atoms with Crippen molar-refractivity contribution in [3.8, 4) is 5.75 Å². The molecule has 2 fully saturated rings. The standard InChI is InChI=1S/C21H21ClFN5O4/c1-32-15-7-2-10(22)8-14(15)25-19(30)13-9-16(29)26-18-17(13)20(31)28-21(27-18)24-12-5-3-11(23)4-6-12/h2-8,13,17-18,21,24,27H,9H2,1H3,(H,25,30)(H,26,29)(H,28,31). The number of benzene rings is 2. The van der Waals surface area contributed by atoms with E-state index >= 15 is 0 Å². The van der Waals surface area contributed by atoms with Gasteiger partial charge in [0.05, 0.1) is 30.8 Å². The van der Waals surface area contributed by atoms with Gasteiger partial charge < -0.3 is 26.0 Å². The van der Waals surface area contributed by atoms with Gasteiger partial charge >= 0.3 is 0 Å². The van der Waals surface area contributed by atoms with Gasteiger partial charge in [0.15, 0.2) is 6.29 Å². The molecule has 2 aromatic rings. The van der Waals surface area contributed by atoms with Gasteiger partial charge in [0.25, 0.3) is 0 Å². The van der Waals surface area contributed by atoms with E-state index in [0.29, 0.717) is 22.1 Å². The van der Waals surface area contributed by atoms with Gasteiger partial charge in [-0.3, -0.25) is 19.7 Å². The number of hydrogen-bond acceptors (Lipinski definition) is 6. The highest BCUT2D eigenvalue weighted by Crippen LogP contribution is 2.31. The van der Waals surface area contributed by atoms with Gasteiger partial charge in [0.2, 0.25) is 17.7 Å². The maximum Gasteiger partial charge on any atom is 0.229 e. The molecule has 0 bridgehead atoms. The molecule has 9 nitrogen and oxygen atoms in total. The van der Waals surface area contributed by atoms with Crippen LogP contribution in [0.15, 0.2) is 42.5 Å². The molecule has 0 aliphatic carbocycles. The molecule has 4 rings (SSSR count). The number of carbonyl (C=O) groups is 3. The lowest BCUT2D eigenvalue weighted by atomic mass is 9.81. The van der Waals surface area contributed by atoms with Crippen molar-refractivity contribution >= 4 is 40.7 Å². The van der Waals surface area contributed by atoms with E-state index in [4.69, 9.17) is 16.3 Å². The molecule has 2 saturated heterocycles. The molecule has 5 N–H and O–H groups in total. The maximum absolute atomic E-state index is 13.1. The van der Waals surface area contributed by atoms with Crippen LogP contribution in [0.25, 0.3) is 0 Å². The summed E-state index contributed by atoms with van der Waals surface area (Å²) in [7, 11) is 1.45. The van der Waals surface area contributed by atoms with E-state index in [1.165, 1.54) is 37.4 Å². The first-order valence-corrected chi connectivity index (χ1v) is 10.2. The summed E-state index contributed by atoms with van der Waals surface area (Å²) in [6.45, 7) is 0. The van der Waals surface area contributed by atoms with Crippen LogP contribution in [0.2, 0.25) is 5.02 Å². The Bertz CT molecular complexity index is 1050. The first-order valence-electron chi connectivity index (χ1n) is 9.86. The number of anilines is 2. The number of amides is 3. The predicted molar refractivity (Wildman–Crippen MR) is 115 cm³/mol. The fourth-order valence-electron chi connectivity index (χ4n) is 3.87. The second-order valence-electron chi connectivity index (χ2n) is 7.47. The maximum atomic E-state index is 13.1. The van der Waals surface area contributed by atoms with Crippen LogP contribution < -0.4 is 31.3 Å². The summed E-state index contributed by atoms with van der Waals surface area (Å²) in [6.07, 6.45) is -1.66. The normalized spacial score (nSPS) is 24.6. The second-order valence-corrected chi connectivity index (χ2v) is 7.91. The van der Waals surface area contributed by atoms with E-state index in [0.717, 1.165) is 0 Å². The fraction of sp³-hybridized carbons (Fsp3) is 0.286. The number of rotatable bonds is 5. The van der Waals surface area contributed by atoms with E-state index in [2.05, 4.69) is 26.6 Å². The number of carbonyl (C=O) groups excluding carboxylic acids is 3. The summed E-state index contributed by atoms with van der Waals surface area (Å²) in [5, 5.41) is 14.6. The van der Waals surface area contributed by atoms with Gasteiger partial charge in [0.1, 0.15) is 11.6 Å². The molecule has 4 unspecified atom stereocenters. The molecule has 3 amide bonds. The number of nitrogens with one attached hydrogen (secondary N) is 5. The summed E-state index contributed by atoms with van der Waals surface area (Å²) in [5.74, 6) is -3.03. The fourth-order valence-corrected chi connectivity index (χ4v) is 4.04. The highest BCUT2D eigenvalue weighted by atomic mass is 35.5. The third kappa shape index (κ3) is 4.61. The van der Waals surface area contributed by atoms with E-state index in [9.17, 15) is 18.8 Å². The number of halogens is 2. The molecule has 32 heavy (non-hydrogen) atoms. The van der Waals surface area contributed by atoms with Crippen molar-refractivity contribution in [2.24, 2.45) is 11.8 Å². The number of methoxy groups -OCH3 is 1. The first kappa shape index (κ1) is 21.8. The lowest BCUT2D eigenvalue weighted by molar-refractivity contribution is -0.144. The topological polar surface area (TPSA) is 121 Å². The molecule has 2 heterocycles. The van der Waals surface area contributed by atoms with Crippen LogP contribution in [0.3, 0.4) is 0 Å². The Morgan fingerprint density at radius 1 is 1.16 bits per heavy atom. The van der Waals surface area contributed by atoms with Gasteiger partial charge in [-0.25, -0.2) is 4.39 Å². The second kappa shape index (κ2) is 9.01. The van der Waals surface area contributed by atoms with Gasteiger partial charge in [0, 0.05) is 17.1 Å². The molecule has 0 saturated carbocycles. The van der Waals surface area contributed by atoms with Gasteiger partial charge in [-0.1, -0.05) is 11.6 Å². The van der Waals surface area contributed by atoms with Crippen LogP contribution in [0.5, 0.6) is 5.75 Å². The SMILES string of the molecule is COc1ccc(Cl)cc1NC(=O)C1CC(=O)NC2NC(Nc3ccc(F)cc3)NC(=O)C21. The molecule has 2 aliphatic rings. The molecule has 11 heteroatoms. The first-order chi connectivity index (χ1) is 15.3. The summed E-state index contributed by atoms with van der Waals surface area (Å²) in [5.41, 5.74) is 0.902. The minimum Gasteiger partial charge on any atom is -0.495 e. The van der Waals surface area contributed by atoms with Crippen molar-refractivity contribution in [1.82, 2.24) is 16.0 Å². The van der Waals surface area contributed by atoms with Crippen molar-refractivity contribution in [2.75, 3.05) is 17.7 Å². The summed E-state index contributed by atoms with van der Waals surface area (Å²) < 4.78 is 18.4. The van der Waals surface area contributed by atoms with E-state index in [1.807, 2.05) is 0 Å². The number of fused-ring (bicyclic) bond motifs is 1. The van der Waals surface area contributed by atoms with Gasteiger partial charge in [-0.05, 0) is 42.5 Å². The highest BCUT2D eigenvalue weighted by molar-refractivity contribution is 6.31. The third-order valence-electron chi connectivity index (χ3n) is 5.36. The number of piperidine rings is 1. The number of hydrogen-bond donors (Lipinski definition) is 5. The molecule has 168 valence electrons. The Morgan fingerprint density at radius 3 is 2.62 bits per heavy atom. The Morgan fingerprint density at radius 2 is 1.91 bits per heavy atom. The molecule has 4 atom stereocenters. The van der Waals surface area contributed by atoms with Gasteiger partial charge in [-0.2, -0.15) is 0 Å². The predicted octanol–water partition coefficient (Wildman–Crippen LogP) is 1.62. The van der Waals surface area contributed by atoms with Gasteiger partial charge in [-0.15, -0.1) is 0 Å². The highest BCUT2D eigenvalue weighted by Gasteiger charge is 2.48. The van der Waals surface area contributed by atoms with Crippen LogP contribution in [0.1, 0.15) is 6.42 Å². The summed E-state index contributed by atoms with van der Waals surface area (Å²) in [4.78, 5) is 38.3. The zero-order valence-electron chi connectivity index (χ0n) is 16.9. The summed E-state index contributed by atoms with van der Waals surface area (Å²) >= 11 is 6.02. The zero-order valence-corrected chi connectivity index (χ0v) is 17.7. The van der Waals surface area contributed by atoms with Crippen LogP contribution in [0, 0.1) is 17.7 Å².